The smallest absolute Gasteiger partial charge is 0.457 e. The number of rotatable bonds is 54. The van der Waals surface area contributed by atoms with Crippen LogP contribution in [-0.4, -0.2) is 75.6 Å². The van der Waals surface area contributed by atoms with Gasteiger partial charge in [-0.2, -0.15) is 0 Å². The van der Waals surface area contributed by atoms with Gasteiger partial charge in [0.2, 0.25) is 0 Å². The van der Waals surface area contributed by atoms with Crippen molar-refractivity contribution in [3.63, 3.8) is 0 Å². The van der Waals surface area contributed by atoms with Gasteiger partial charge in [-0.1, -0.05) is 229 Å². The summed E-state index contributed by atoms with van der Waals surface area (Å²) in [5.41, 5.74) is 0. The van der Waals surface area contributed by atoms with Crippen molar-refractivity contribution < 1.29 is 37.3 Å². The van der Waals surface area contributed by atoms with Gasteiger partial charge in [-0.25, -0.2) is 4.57 Å². The van der Waals surface area contributed by atoms with E-state index in [0.29, 0.717) is 24.1 Å². The number of hydrogen-bond donors (Lipinski definition) is 1. The van der Waals surface area contributed by atoms with Gasteiger partial charge in [-0.3, -0.25) is 13.8 Å². The van der Waals surface area contributed by atoms with Crippen LogP contribution >= 0.6 is 7.82 Å². The van der Waals surface area contributed by atoms with Crippen molar-refractivity contribution in [1.29, 1.82) is 0 Å². The molecule has 0 heterocycles. The van der Waals surface area contributed by atoms with Crippen molar-refractivity contribution in [3.05, 3.63) is 60.8 Å². The Bertz CT molecular complexity index is 1290. The molecule has 0 aliphatic carbocycles. The van der Waals surface area contributed by atoms with Crippen LogP contribution in [0.15, 0.2) is 60.8 Å². The molecule has 0 saturated carbocycles. The first-order valence-corrected chi connectivity index (χ1v) is 30.5. The lowest BCUT2D eigenvalue weighted by molar-refractivity contribution is -0.870. The Balaban J connectivity index is 4.10. The first kappa shape index (κ1) is 67.2. The first-order chi connectivity index (χ1) is 33.6. The van der Waals surface area contributed by atoms with E-state index in [1.54, 1.807) is 0 Å². The summed E-state index contributed by atoms with van der Waals surface area (Å²) >= 11 is 0. The average molecular weight is 992 g/mol. The number of phosphoric ester groups is 1. The summed E-state index contributed by atoms with van der Waals surface area (Å²) in [5, 5.41) is 0. The minimum absolute atomic E-state index is 0.0854. The summed E-state index contributed by atoms with van der Waals surface area (Å²) < 4.78 is 35.3. The third kappa shape index (κ3) is 57.0. The molecule has 0 aromatic carbocycles. The summed E-state index contributed by atoms with van der Waals surface area (Å²) in [4.78, 5) is 23.1. The van der Waals surface area contributed by atoms with Gasteiger partial charge in [0.15, 0.2) is 0 Å². The minimum Gasteiger partial charge on any atom is -0.457 e. The van der Waals surface area contributed by atoms with E-state index in [1.807, 2.05) is 21.1 Å². The number of quaternary nitrogens is 1. The van der Waals surface area contributed by atoms with Gasteiger partial charge in [0.05, 0.1) is 34.4 Å². The monoisotopic (exact) mass is 991 g/mol. The van der Waals surface area contributed by atoms with Crippen LogP contribution in [0.25, 0.3) is 0 Å². The Hall–Kier alpha value is -1.80. The van der Waals surface area contributed by atoms with E-state index in [0.717, 1.165) is 51.4 Å². The summed E-state index contributed by atoms with van der Waals surface area (Å²) in [6.07, 6.45) is 68.5. The maximum absolute atomic E-state index is 12.8. The Labute approximate surface area is 428 Å². The predicted molar refractivity (Wildman–Crippen MR) is 298 cm³/mol. The number of esters is 1. The summed E-state index contributed by atoms with van der Waals surface area (Å²) in [7, 11) is 1.66. The summed E-state index contributed by atoms with van der Waals surface area (Å²) in [6, 6.07) is 0. The van der Waals surface area contributed by atoms with Crippen LogP contribution in [0.1, 0.15) is 258 Å². The van der Waals surface area contributed by atoms with E-state index in [2.05, 4.69) is 74.6 Å². The first-order valence-electron chi connectivity index (χ1n) is 29.0. The standard InChI is InChI=1S/C60H112NO7P/c1-6-8-10-12-14-16-18-20-22-24-26-28-30-32-34-36-38-40-42-44-46-48-50-52-55-65-57-59(58-67-69(63,64)66-56-54-61(3,4)5)68-60(62)53-51-49-47-45-43-41-39-37-35-33-31-29-27-25-23-21-19-17-15-13-11-9-7-2/h18-21,24-27,30,32,59H,6-17,22-23,28-29,31,33-58H2,1-5H3/p+1/b20-18-,21-19-,26-24-,27-25-,32-30-. The lowest BCUT2D eigenvalue weighted by Crippen LogP contribution is -2.37. The largest absolute Gasteiger partial charge is 0.472 e. The number of nitrogens with zero attached hydrogens (tertiary/aromatic N) is 1. The number of phosphoric acid groups is 1. The van der Waals surface area contributed by atoms with Crippen LogP contribution in [0, 0.1) is 0 Å². The van der Waals surface area contributed by atoms with Gasteiger partial charge < -0.3 is 18.9 Å². The molecule has 0 aromatic rings. The molecule has 0 saturated heterocycles. The Morgan fingerprint density at radius 1 is 0.449 bits per heavy atom. The zero-order valence-electron chi connectivity index (χ0n) is 46.0. The van der Waals surface area contributed by atoms with E-state index in [4.69, 9.17) is 18.5 Å². The van der Waals surface area contributed by atoms with Crippen molar-refractivity contribution in [2.24, 2.45) is 0 Å². The lowest BCUT2D eigenvalue weighted by atomic mass is 10.0. The topological polar surface area (TPSA) is 91.3 Å². The molecule has 9 heteroatoms. The molecule has 1 N–H and O–H groups in total. The molecule has 0 fully saturated rings. The third-order valence-corrected chi connectivity index (χ3v) is 13.5. The molecule has 0 spiro atoms. The van der Waals surface area contributed by atoms with E-state index in [-0.39, 0.29) is 25.8 Å². The highest BCUT2D eigenvalue weighted by Gasteiger charge is 2.26. The number of hydrogen-bond acceptors (Lipinski definition) is 6. The molecule has 69 heavy (non-hydrogen) atoms. The molecule has 0 aliphatic rings. The quantitative estimate of drug-likeness (QED) is 0.0213. The highest BCUT2D eigenvalue weighted by atomic mass is 31.2. The number of carbonyl (C=O) groups excluding carboxylic acids is 1. The average Bonchev–Trinajstić information content (AvgIpc) is 3.31. The highest BCUT2D eigenvalue weighted by Crippen LogP contribution is 2.43. The van der Waals surface area contributed by atoms with Crippen LogP contribution in [0.2, 0.25) is 0 Å². The van der Waals surface area contributed by atoms with Crippen molar-refractivity contribution in [2.45, 2.75) is 264 Å². The normalized spacial score (nSPS) is 13.9. The second-order valence-electron chi connectivity index (χ2n) is 20.7. The zero-order valence-corrected chi connectivity index (χ0v) is 46.9. The van der Waals surface area contributed by atoms with Gasteiger partial charge in [0.1, 0.15) is 19.3 Å². The Kier molecular flexibility index (Phi) is 51.2. The van der Waals surface area contributed by atoms with Crippen LogP contribution < -0.4 is 0 Å². The van der Waals surface area contributed by atoms with Crippen LogP contribution in [0.4, 0.5) is 0 Å². The molecule has 0 amide bonds. The molecule has 8 nitrogen and oxygen atoms in total. The predicted octanol–water partition coefficient (Wildman–Crippen LogP) is 18.4. The number of carbonyl (C=O) groups is 1. The fourth-order valence-electron chi connectivity index (χ4n) is 8.06. The van der Waals surface area contributed by atoms with Crippen molar-refractivity contribution in [3.8, 4) is 0 Å². The molecule has 404 valence electrons. The molecule has 0 aliphatic heterocycles. The zero-order chi connectivity index (χ0) is 50.5. The summed E-state index contributed by atoms with van der Waals surface area (Å²) in [5.74, 6) is -0.316. The summed E-state index contributed by atoms with van der Waals surface area (Å²) in [6.45, 7) is 5.61. The van der Waals surface area contributed by atoms with E-state index < -0.39 is 13.9 Å². The Morgan fingerprint density at radius 3 is 1.19 bits per heavy atom. The van der Waals surface area contributed by atoms with Gasteiger partial charge in [-0.15, -0.1) is 0 Å². The molecule has 2 atom stereocenters. The van der Waals surface area contributed by atoms with Crippen molar-refractivity contribution >= 4 is 13.8 Å². The second-order valence-corrected chi connectivity index (χ2v) is 22.1. The van der Waals surface area contributed by atoms with Crippen LogP contribution in [0.3, 0.4) is 0 Å². The van der Waals surface area contributed by atoms with E-state index >= 15 is 0 Å². The van der Waals surface area contributed by atoms with Crippen LogP contribution in [-0.2, 0) is 27.9 Å². The lowest BCUT2D eigenvalue weighted by Gasteiger charge is -2.24. The molecule has 0 bridgehead atoms. The molecular formula is C60H113NO7P+. The van der Waals surface area contributed by atoms with Crippen LogP contribution in [0.5, 0.6) is 0 Å². The molecule has 2 unspecified atom stereocenters. The number of allylic oxidation sites excluding steroid dienone is 10. The van der Waals surface area contributed by atoms with Gasteiger partial charge >= 0.3 is 13.8 Å². The maximum Gasteiger partial charge on any atom is 0.472 e. The fraction of sp³-hybridized carbons (Fsp3) is 0.817. The molecule has 0 radical (unpaired) electrons. The van der Waals surface area contributed by atoms with Gasteiger partial charge in [0, 0.05) is 13.0 Å². The Morgan fingerprint density at radius 2 is 0.797 bits per heavy atom. The SMILES string of the molecule is CCCCCCC/C=C\C/C=C\C/C=C\CCCCCCCCCCCOCC(COP(=O)(O)OCC[N+](C)(C)C)OC(=O)CCCCCCCCCCCCC/C=C\C/C=C\CCCCCCC. The van der Waals surface area contributed by atoms with Gasteiger partial charge in [0.25, 0.3) is 0 Å². The van der Waals surface area contributed by atoms with Gasteiger partial charge in [-0.05, 0) is 83.5 Å². The number of likely N-dealkylation sites (N-methyl/N-ethyl adjacent to an activating group) is 1. The van der Waals surface area contributed by atoms with E-state index in [9.17, 15) is 14.3 Å². The molecule has 0 aromatic heterocycles. The second kappa shape index (κ2) is 52.5. The van der Waals surface area contributed by atoms with Crippen molar-refractivity contribution in [1.82, 2.24) is 0 Å². The third-order valence-electron chi connectivity index (χ3n) is 12.6. The highest BCUT2D eigenvalue weighted by molar-refractivity contribution is 7.47. The maximum atomic E-state index is 12.8. The number of ether oxygens (including phenoxy) is 2. The number of unbranched alkanes of at least 4 members (excludes halogenated alkanes) is 30. The molecule has 0 rings (SSSR count). The van der Waals surface area contributed by atoms with Crippen molar-refractivity contribution in [2.75, 3.05) is 54.1 Å². The van der Waals surface area contributed by atoms with E-state index in [1.165, 1.54) is 186 Å². The fourth-order valence-corrected chi connectivity index (χ4v) is 8.80. The minimum atomic E-state index is -4.29. The molecular weight excluding hydrogens is 878 g/mol.